The summed E-state index contributed by atoms with van der Waals surface area (Å²) in [6.45, 7) is 1.35. The summed E-state index contributed by atoms with van der Waals surface area (Å²) in [7, 11) is -4.29. The SMILES string of the molecule is CCCCCCCCCCCCCCCCCC(=O)O[C@H](COO)COP(=O)(O)OCCN. The molecule has 0 aliphatic heterocycles. The summed E-state index contributed by atoms with van der Waals surface area (Å²) in [5, 5.41) is 8.61. The molecular weight excluding hydrogens is 449 g/mol. The molecule has 0 aromatic carbocycles. The maximum absolute atomic E-state index is 12.0. The average molecular weight is 498 g/mol. The molecule has 198 valence electrons. The van der Waals surface area contributed by atoms with Gasteiger partial charge in [-0.15, -0.1) is 0 Å². The average Bonchev–Trinajstić information content (AvgIpc) is 2.79. The van der Waals surface area contributed by atoms with E-state index < -0.39 is 26.5 Å². The Kier molecular flexibility index (Phi) is 22.8. The number of phosphoric acid groups is 1. The Labute approximate surface area is 200 Å². The molecule has 0 amide bonds. The molecule has 2 atom stereocenters. The van der Waals surface area contributed by atoms with E-state index in [1.807, 2.05) is 0 Å². The predicted octanol–water partition coefficient (Wildman–Crippen LogP) is 5.74. The molecule has 0 aliphatic rings. The number of carbonyl (C=O) groups excluding carboxylic acids is 1. The molecule has 0 aromatic heterocycles. The molecule has 0 aliphatic carbocycles. The van der Waals surface area contributed by atoms with Crippen LogP contribution in [0.15, 0.2) is 0 Å². The number of unbranched alkanes of at least 4 members (excludes halogenated alkanes) is 14. The van der Waals surface area contributed by atoms with Crippen LogP contribution in [0.25, 0.3) is 0 Å². The van der Waals surface area contributed by atoms with Gasteiger partial charge < -0.3 is 15.4 Å². The van der Waals surface area contributed by atoms with Crippen LogP contribution in [0, 0.1) is 0 Å². The molecule has 33 heavy (non-hydrogen) atoms. The monoisotopic (exact) mass is 497 g/mol. The summed E-state index contributed by atoms with van der Waals surface area (Å²) in [4.78, 5) is 25.4. The molecule has 4 N–H and O–H groups in total. The number of hydrogen-bond acceptors (Lipinski definition) is 8. The van der Waals surface area contributed by atoms with Crippen LogP contribution in [0.1, 0.15) is 110 Å². The van der Waals surface area contributed by atoms with Gasteiger partial charge in [-0.2, -0.15) is 0 Å². The van der Waals surface area contributed by atoms with Crippen LogP contribution >= 0.6 is 7.82 Å². The van der Waals surface area contributed by atoms with Gasteiger partial charge in [0.05, 0.1) is 13.2 Å². The smallest absolute Gasteiger partial charge is 0.457 e. The van der Waals surface area contributed by atoms with Crippen molar-refractivity contribution < 1.29 is 38.2 Å². The highest BCUT2D eigenvalue weighted by Crippen LogP contribution is 2.43. The van der Waals surface area contributed by atoms with Crippen LogP contribution in [-0.4, -0.2) is 48.6 Å². The first-order chi connectivity index (χ1) is 15.9. The Morgan fingerprint density at radius 1 is 0.818 bits per heavy atom. The van der Waals surface area contributed by atoms with E-state index in [0.29, 0.717) is 6.42 Å². The van der Waals surface area contributed by atoms with Gasteiger partial charge in [0.15, 0.2) is 6.10 Å². The van der Waals surface area contributed by atoms with E-state index in [0.717, 1.165) is 12.8 Å². The third-order valence-electron chi connectivity index (χ3n) is 5.34. The third kappa shape index (κ3) is 23.0. The lowest BCUT2D eigenvalue weighted by atomic mass is 10.0. The topological polar surface area (TPSA) is 138 Å². The summed E-state index contributed by atoms with van der Waals surface area (Å²) < 4.78 is 26.1. The van der Waals surface area contributed by atoms with Crippen molar-refractivity contribution in [1.82, 2.24) is 0 Å². The standard InChI is InChI=1S/C23H48NO8P/c1-2-3-4-5-6-7-8-9-10-11-12-13-14-15-16-17-23(25)32-22(20-29-26)21-31-33(27,28)30-19-18-24/h22,26H,2-21,24H2,1H3,(H,27,28)/t22-/m1/s1. The number of rotatable bonds is 25. The minimum absolute atomic E-state index is 0.0608. The number of nitrogens with two attached hydrogens (primary N) is 1. The highest BCUT2D eigenvalue weighted by molar-refractivity contribution is 7.47. The number of ether oxygens (including phenoxy) is 1. The molecule has 0 fully saturated rings. The zero-order valence-corrected chi connectivity index (χ0v) is 21.5. The molecule has 0 saturated carbocycles. The molecule has 0 bridgehead atoms. The molecule has 1 unspecified atom stereocenters. The van der Waals surface area contributed by atoms with Gasteiger partial charge in [-0.25, -0.2) is 9.45 Å². The summed E-state index contributed by atoms with van der Waals surface area (Å²) in [5.41, 5.74) is 5.20. The fraction of sp³-hybridized carbons (Fsp3) is 0.957. The second-order valence-electron chi connectivity index (χ2n) is 8.49. The molecule has 0 heterocycles. The zero-order chi connectivity index (χ0) is 24.6. The van der Waals surface area contributed by atoms with Crippen molar-refractivity contribution in [2.24, 2.45) is 5.73 Å². The van der Waals surface area contributed by atoms with Crippen LogP contribution in [0.5, 0.6) is 0 Å². The summed E-state index contributed by atoms with van der Waals surface area (Å²) >= 11 is 0. The van der Waals surface area contributed by atoms with E-state index in [-0.39, 0.29) is 26.2 Å². The fourth-order valence-electron chi connectivity index (χ4n) is 3.47. The summed E-state index contributed by atoms with van der Waals surface area (Å²) in [6.07, 6.45) is 17.9. The number of hydrogen-bond donors (Lipinski definition) is 3. The molecule has 9 nitrogen and oxygen atoms in total. The summed E-state index contributed by atoms with van der Waals surface area (Å²) in [6, 6.07) is 0. The van der Waals surface area contributed by atoms with Crippen molar-refractivity contribution in [3.8, 4) is 0 Å². The van der Waals surface area contributed by atoms with Crippen LogP contribution in [0.3, 0.4) is 0 Å². The lowest BCUT2D eigenvalue weighted by Gasteiger charge is -2.18. The first kappa shape index (κ1) is 32.5. The Morgan fingerprint density at radius 2 is 1.30 bits per heavy atom. The van der Waals surface area contributed by atoms with Crippen molar-refractivity contribution in [3.05, 3.63) is 0 Å². The van der Waals surface area contributed by atoms with Gasteiger partial charge in [-0.1, -0.05) is 96.8 Å². The van der Waals surface area contributed by atoms with E-state index in [2.05, 4.69) is 16.3 Å². The number of esters is 1. The van der Waals surface area contributed by atoms with E-state index in [9.17, 15) is 14.3 Å². The van der Waals surface area contributed by atoms with Crippen molar-refractivity contribution in [2.45, 2.75) is 116 Å². The lowest BCUT2D eigenvalue weighted by molar-refractivity contribution is -0.260. The molecule has 0 radical (unpaired) electrons. The normalized spacial score (nSPS) is 14.2. The second kappa shape index (κ2) is 23.2. The Bertz CT molecular complexity index is 495. The fourth-order valence-corrected chi connectivity index (χ4v) is 4.23. The van der Waals surface area contributed by atoms with Gasteiger partial charge >= 0.3 is 13.8 Å². The molecule has 10 heteroatoms. The van der Waals surface area contributed by atoms with E-state index in [1.54, 1.807) is 0 Å². The van der Waals surface area contributed by atoms with Crippen molar-refractivity contribution >= 4 is 13.8 Å². The van der Waals surface area contributed by atoms with Gasteiger partial charge in [-0.05, 0) is 6.42 Å². The molecule has 0 spiro atoms. The molecular formula is C23H48NO8P. The van der Waals surface area contributed by atoms with Gasteiger partial charge in [-0.3, -0.25) is 19.1 Å². The van der Waals surface area contributed by atoms with Gasteiger partial charge in [0.25, 0.3) is 0 Å². The highest BCUT2D eigenvalue weighted by Gasteiger charge is 2.25. The predicted molar refractivity (Wildman–Crippen MR) is 129 cm³/mol. The Balaban J connectivity index is 3.66. The van der Waals surface area contributed by atoms with E-state index in [1.165, 1.54) is 77.0 Å². The molecule has 0 rings (SSSR count). The zero-order valence-electron chi connectivity index (χ0n) is 20.6. The minimum atomic E-state index is -4.29. The number of phosphoric ester groups is 1. The van der Waals surface area contributed by atoms with Crippen molar-refractivity contribution in [3.63, 3.8) is 0 Å². The minimum Gasteiger partial charge on any atom is -0.457 e. The highest BCUT2D eigenvalue weighted by atomic mass is 31.2. The quantitative estimate of drug-likeness (QED) is 0.0474. The first-order valence-electron chi connectivity index (χ1n) is 12.7. The molecule has 0 aromatic rings. The number of carbonyl (C=O) groups is 1. The Hall–Kier alpha value is -0.540. The third-order valence-corrected chi connectivity index (χ3v) is 6.32. The molecule has 0 saturated heterocycles. The maximum Gasteiger partial charge on any atom is 0.472 e. The van der Waals surface area contributed by atoms with Gasteiger partial charge in [0.1, 0.15) is 6.61 Å². The van der Waals surface area contributed by atoms with Crippen LogP contribution in [0.4, 0.5) is 0 Å². The summed E-state index contributed by atoms with van der Waals surface area (Å²) in [5.74, 6) is -0.467. The van der Waals surface area contributed by atoms with Gasteiger partial charge in [0, 0.05) is 13.0 Å². The first-order valence-corrected chi connectivity index (χ1v) is 14.2. The maximum atomic E-state index is 12.0. The van der Waals surface area contributed by atoms with Gasteiger partial charge in [0.2, 0.25) is 0 Å². The van der Waals surface area contributed by atoms with Crippen molar-refractivity contribution in [2.75, 3.05) is 26.4 Å². The van der Waals surface area contributed by atoms with Crippen LogP contribution in [0.2, 0.25) is 0 Å². The lowest BCUT2D eigenvalue weighted by Crippen LogP contribution is -2.28. The van der Waals surface area contributed by atoms with Crippen LogP contribution in [-0.2, 0) is 28.0 Å². The largest absolute Gasteiger partial charge is 0.472 e. The van der Waals surface area contributed by atoms with E-state index >= 15 is 0 Å². The second-order valence-corrected chi connectivity index (χ2v) is 9.95. The Morgan fingerprint density at radius 3 is 1.76 bits per heavy atom. The van der Waals surface area contributed by atoms with Crippen molar-refractivity contribution in [1.29, 1.82) is 0 Å². The van der Waals surface area contributed by atoms with E-state index in [4.69, 9.17) is 20.3 Å². The van der Waals surface area contributed by atoms with Crippen LogP contribution < -0.4 is 5.73 Å².